The number of amides is 1. The lowest BCUT2D eigenvalue weighted by molar-refractivity contribution is -0.135. The molecule has 0 N–H and O–H groups in total. The monoisotopic (exact) mass is 375 g/mol. The Morgan fingerprint density at radius 1 is 1.07 bits per heavy atom. The van der Waals surface area contributed by atoms with Gasteiger partial charge in [-0.15, -0.1) is 0 Å². The zero-order valence-corrected chi connectivity index (χ0v) is 16.8. The van der Waals surface area contributed by atoms with Crippen LogP contribution in [0.15, 0.2) is 59.7 Å². The minimum Gasteiger partial charge on any atom is -0.292 e. The minimum atomic E-state index is -0.0246. The number of piperidine rings is 1. The first kappa shape index (κ1) is 18.9. The molecule has 0 saturated carbocycles. The number of aryl methyl sites for hydroxylation is 1. The topological polar surface area (TPSA) is 35.9 Å². The maximum atomic E-state index is 13.3. The number of hydrazone groups is 1. The molecule has 2 aromatic carbocycles. The number of hydrogen-bond donors (Lipinski definition) is 0. The summed E-state index contributed by atoms with van der Waals surface area (Å²) in [7, 11) is 0. The third-order valence-electron chi connectivity index (χ3n) is 6.01. The van der Waals surface area contributed by atoms with Gasteiger partial charge in [0.25, 0.3) is 5.91 Å². The molecular weight excluding hydrogens is 346 g/mol. The van der Waals surface area contributed by atoms with E-state index >= 15 is 0 Å². The number of rotatable bonds is 4. The molecule has 2 atom stereocenters. The van der Waals surface area contributed by atoms with Gasteiger partial charge in [-0.05, 0) is 44.4 Å². The first-order valence-electron chi connectivity index (χ1n) is 10.4. The maximum Gasteiger partial charge on any atom is 0.257 e. The lowest BCUT2D eigenvalue weighted by atomic mass is 9.97. The molecule has 0 unspecified atom stereocenters. The number of carbonyl (C=O) groups excluding carboxylic acids is 1. The number of benzene rings is 2. The van der Waals surface area contributed by atoms with E-state index in [2.05, 4.69) is 55.1 Å². The van der Waals surface area contributed by atoms with E-state index < -0.39 is 0 Å². The van der Waals surface area contributed by atoms with Crippen LogP contribution in [0.4, 0.5) is 0 Å². The van der Waals surface area contributed by atoms with Gasteiger partial charge in [-0.3, -0.25) is 9.69 Å². The molecule has 2 aliphatic rings. The fourth-order valence-corrected chi connectivity index (χ4v) is 4.23. The van der Waals surface area contributed by atoms with Gasteiger partial charge >= 0.3 is 0 Å². The summed E-state index contributed by atoms with van der Waals surface area (Å²) in [6.45, 7) is 5.78. The van der Waals surface area contributed by atoms with Crippen molar-refractivity contribution in [3.63, 3.8) is 0 Å². The fourth-order valence-electron chi connectivity index (χ4n) is 4.23. The van der Waals surface area contributed by atoms with Gasteiger partial charge in [-0.25, -0.2) is 5.01 Å². The normalized spacial score (nSPS) is 22.9. The van der Waals surface area contributed by atoms with Gasteiger partial charge < -0.3 is 0 Å². The van der Waals surface area contributed by atoms with Gasteiger partial charge in [-0.1, -0.05) is 66.6 Å². The molecule has 1 amide bonds. The van der Waals surface area contributed by atoms with Gasteiger partial charge in [0.1, 0.15) is 0 Å². The minimum absolute atomic E-state index is 0.0246. The van der Waals surface area contributed by atoms with Crippen LogP contribution in [0.2, 0.25) is 0 Å². The van der Waals surface area contributed by atoms with Crippen LogP contribution in [-0.4, -0.2) is 40.7 Å². The predicted octanol–water partition coefficient (Wildman–Crippen LogP) is 4.55. The average molecular weight is 376 g/mol. The first-order valence-corrected chi connectivity index (χ1v) is 10.4. The van der Waals surface area contributed by atoms with E-state index in [0.29, 0.717) is 12.6 Å². The van der Waals surface area contributed by atoms with Crippen molar-refractivity contribution >= 4 is 11.6 Å². The Morgan fingerprint density at radius 2 is 1.82 bits per heavy atom. The largest absolute Gasteiger partial charge is 0.292 e. The molecule has 4 rings (SSSR count). The van der Waals surface area contributed by atoms with Crippen LogP contribution in [0, 0.1) is 6.92 Å². The highest BCUT2D eigenvalue weighted by molar-refractivity contribution is 6.03. The van der Waals surface area contributed by atoms with Crippen molar-refractivity contribution in [2.24, 2.45) is 5.10 Å². The van der Waals surface area contributed by atoms with Crippen molar-refractivity contribution in [1.82, 2.24) is 9.91 Å². The van der Waals surface area contributed by atoms with E-state index in [-0.39, 0.29) is 11.9 Å². The zero-order valence-electron chi connectivity index (χ0n) is 16.8. The van der Waals surface area contributed by atoms with Gasteiger partial charge in [-0.2, -0.15) is 5.10 Å². The third-order valence-corrected chi connectivity index (χ3v) is 6.01. The predicted molar refractivity (Wildman–Crippen MR) is 113 cm³/mol. The summed E-state index contributed by atoms with van der Waals surface area (Å²) in [5, 5.41) is 6.55. The molecule has 0 radical (unpaired) electrons. The second-order valence-corrected chi connectivity index (χ2v) is 8.10. The van der Waals surface area contributed by atoms with E-state index in [9.17, 15) is 4.79 Å². The summed E-state index contributed by atoms with van der Waals surface area (Å²) in [5.41, 5.74) is 4.47. The smallest absolute Gasteiger partial charge is 0.257 e. The Balaban J connectivity index is 1.60. The first-order chi connectivity index (χ1) is 13.6. The summed E-state index contributed by atoms with van der Waals surface area (Å²) in [6.07, 6.45) is 4.37. The van der Waals surface area contributed by atoms with Crippen LogP contribution in [0.1, 0.15) is 55.3 Å². The molecule has 4 nitrogen and oxygen atoms in total. The van der Waals surface area contributed by atoms with Crippen LogP contribution in [0.5, 0.6) is 0 Å². The van der Waals surface area contributed by atoms with Gasteiger partial charge in [0.05, 0.1) is 18.3 Å². The van der Waals surface area contributed by atoms with Crippen LogP contribution in [0.25, 0.3) is 0 Å². The molecule has 1 saturated heterocycles. The highest BCUT2D eigenvalue weighted by Gasteiger charge is 2.34. The van der Waals surface area contributed by atoms with Crippen molar-refractivity contribution in [1.29, 1.82) is 0 Å². The molecule has 28 heavy (non-hydrogen) atoms. The van der Waals surface area contributed by atoms with Crippen LogP contribution >= 0.6 is 0 Å². The Morgan fingerprint density at radius 3 is 2.54 bits per heavy atom. The van der Waals surface area contributed by atoms with Crippen molar-refractivity contribution in [2.45, 2.75) is 51.6 Å². The summed E-state index contributed by atoms with van der Waals surface area (Å²) in [4.78, 5) is 15.6. The highest BCUT2D eigenvalue weighted by atomic mass is 16.2. The lowest BCUT2D eigenvalue weighted by Gasteiger charge is -2.34. The molecule has 2 aliphatic heterocycles. The number of likely N-dealkylation sites (tertiary alicyclic amines) is 1. The average Bonchev–Trinajstić information content (AvgIpc) is 3.16. The summed E-state index contributed by atoms with van der Waals surface area (Å²) >= 11 is 0. The second kappa shape index (κ2) is 8.27. The van der Waals surface area contributed by atoms with Gasteiger partial charge in [0, 0.05) is 12.5 Å². The maximum absolute atomic E-state index is 13.3. The highest BCUT2D eigenvalue weighted by Crippen LogP contribution is 2.33. The molecule has 0 aliphatic carbocycles. The van der Waals surface area contributed by atoms with Crippen LogP contribution in [0.3, 0.4) is 0 Å². The van der Waals surface area contributed by atoms with Crippen LogP contribution in [-0.2, 0) is 4.79 Å². The molecule has 2 aromatic rings. The van der Waals surface area contributed by atoms with E-state index in [1.165, 1.54) is 24.8 Å². The molecular formula is C24H29N3O. The zero-order chi connectivity index (χ0) is 19.5. The Kier molecular flexibility index (Phi) is 5.58. The second-order valence-electron chi connectivity index (χ2n) is 8.10. The molecule has 1 fully saturated rings. The standard InChI is InChI=1S/C24H29N3O/c1-18-11-13-21(14-12-18)23-16-22(20-9-4-3-5-10-20)25-27(23)24(28)17-26-15-7-6-8-19(26)2/h3-5,9-14,19,23H,6-8,15-17H2,1-2H3/t19-,23-/m0/s1. The summed E-state index contributed by atoms with van der Waals surface area (Å²) < 4.78 is 0. The van der Waals surface area contributed by atoms with E-state index in [4.69, 9.17) is 5.10 Å². The van der Waals surface area contributed by atoms with Gasteiger partial charge in [0.15, 0.2) is 0 Å². The summed E-state index contributed by atoms with van der Waals surface area (Å²) in [5.74, 6) is 0.102. The number of carbonyl (C=O) groups is 1. The van der Waals surface area contributed by atoms with Gasteiger partial charge in [0.2, 0.25) is 0 Å². The van der Waals surface area contributed by atoms with Crippen molar-refractivity contribution in [3.05, 3.63) is 71.3 Å². The van der Waals surface area contributed by atoms with Crippen molar-refractivity contribution < 1.29 is 4.79 Å². The van der Waals surface area contributed by atoms with E-state index in [0.717, 1.165) is 29.8 Å². The number of nitrogens with zero attached hydrogens (tertiary/aromatic N) is 3. The quantitative estimate of drug-likeness (QED) is 0.786. The molecule has 4 heteroatoms. The molecule has 0 aromatic heterocycles. The Hall–Kier alpha value is -2.46. The fraction of sp³-hybridized carbons (Fsp3) is 0.417. The lowest BCUT2D eigenvalue weighted by Crippen LogP contribution is -2.44. The van der Waals surface area contributed by atoms with Crippen molar-refractivity contribution in [3.8, 4) is 0 Å². The Labute approximate surface area is 167 Å². The molecule has 0 bridgehead atoms. The van der Waals surface area contributed by atoms with Crippen LogP contribution < -0.4 is 0 Å². The Bertz CT molecular complexity index is 844. The third kappa shape index (κ3) is 4.02. The molecule has 0 spiro atoms. The van der Waals surface area contributed by atoms with Crippen molar-refractivity contribution in [2.75, 3.05) is 13.1 Å². The SMILES string of the molecule is Cc1ccc([C@@H]2CC(c3ccccc3)=NN2C(=O)CN2CCCC[C@@H]2C)cc1. The number of hydrogen-bond acceptors (Lipinski definition) is 3. The summed E-state index contributed by atoms with van der Waals surface area (Å²) in [6, 6.07) is 19.2. The molecule has 146 valence electrons. The van der Waals surface area contributed by atoms with E-state index in [1.54, 1.807) is 5.01 Å². The van der Waals surface area contributed by atoms with E-state index in [1.807, 2.05) is 18.2 Å². The molecule has 2 heterocycles.